The molecule has 0 saturated carbocycles. The van der Waals surface area contributed by atoms with Crippen molar-refractivity contribution in [3.05, 3.63) is 28.5 Å². The fourth-order valence-electron chi connectivity index (χ4n) is 1.55. The Bertz CT molecular complexity index is 527. The first kappa shape index (κ1) is 13.7. The summed E-state index contributed by atoms with van der Waals surface area (Å²) in [6.45, 7) is 6.78. The van der Waals surface area contributed by atoms with Gasteiger partial charge in [0.25, 0.3) is 0 Å². The third-order valence-corrected chi connectivity index (χ3v) is 3.26. The van der Waals surface area contributed by atoms with Crippen molar-refractivity contribution < 1.29 is 4.74 Å². The van der Waals surface area contributed by atoms with Crippen molar-refractivity contribution in [3.63, 3.8) is 0 Å². The monoisotopic (exact) mass is 278 g/mol. The first-order valence-corrected chi connectivity index (χ1v) is 7.09. The minimum Gasteiger partial charge on any atom is -0.474 e. The Morgan fingerprint density at radius 3 is 2.84 bits per heavy atom. The highest BCUT2D eigenvalue weighted by Gasteiger charge is 2.03. The van der Waals surface area contributed by atoms with Crippen molar-refractivity contribution in [2.75, 3.05) is 11.9 Å². The van der Waals surface area contributed by atoms with Crippen LogP contribution in [0.3, 0.4) is 0 Å². The van der Waals surface area contributed by atoms with Gasteiger partial charge in [-0.05, 0) is 20.8 Å². The summed E-state index contributed by atoms with van der Waals surface area (Å²) in [7, 11) is 0. The Morgan fingerprint density at radius 2 is 2.16 bits per heavy atom. The smallest absolute Gasteiger partial charge is 0.234 e. The highest BCUT2D eigenvalue weighted by atomic mass is 32.1. The van der Waals surface area contributed by atoms with E-state index in [1.54, 1.807) is 23.7 Å². The molecule has 0 radical (unpaired) electrons. The third-order valence-electron chi connectivity index (χ3n) is 2.28. The van der Waals surface area contributed by atoms with Gasteiger partial charge in [-0.15, -0.1) is 11.3 Å². The molecule has 0 fully saturated rings. The van der Waals surface area contributed by atoms with Crippen LogP contribution in [-0.2, 0) is 6.42 Å². The molecular formula is C13H18N4OS. The summed E-state index contributed by atoms with van der Waals surface area (Å²) in [5.74, 6) is 1.27. The van der Waals surface area contributed by atoms with Gasteiger partial charge in [0.2, 0.25) is 5.88 Å². The molecule has 2 rings (SSSR count). The molecule has 6 heteroatoms. The van der Waals surface area contributed by atoms with E-state index in [-0.39, 0.29) is 6.10 Å². The number of ether oxygens (including phenoxy) is 1. The lowest BCUT2D eigenvalue weighted by Gasteiger charge is -2.09. The molecular weight excluding hydrogens is 260 g/mol. The van der Waals surface area contributed by atoms with Gasteiger partial charge in [-0.3, -0.25) is 4.98 Å². The number of nitrogens with zero attached hydrogens (tertiary/aromatic N) is 3. The van der Waals surface area contributed by atoms with Crippen LogP contribution in [0, 0.1) is 6.92 Å². The molecule has 0 amide bonds. The maximum atomic E-state index is 5.50. The molecule has 0 bridgehead atoms. The zero-order valence-corrected chi connectivity index (χ0v) is 12.2. The van der Waals surface area contributed by atoms with Crippen molar-refractivity contribution in [2.24, 2.45) is 0 Å². The number of aromatic nitrogens is 3. The minimum atomic E-state index is 0.0999. The summed E-state index contributed by atoms with van der Waals surface area (Å²) in [5, 5.41) is 4.36. The standard InChI is InChI=1S/C13H18N4OS/c1-9(2)18-12-8-14-7-11(17-12)15-5-4-13-16-6-10(3)19-13/h6-9H,4-5H2,1-3H3,(H,15,17). The van der Waals surface area contributed by atoms with Gasteiger partial charge in [-0.1, -0.05) is 0 Å². The van der Waals surface area contributed by atoms with Crippen molar-refractivity contribution in [1.82, 2.24) is 15.0 Å². The Kier molecular flexibility index (Phi) is 4.68. The van der Waals surface area contributed by atoms with Gasteiger partial charge < -0.3 is 10.1 Å². The van der Waals surface area contributed by atoms with Crippen LogP contribution in [0.2, 0.25) is 0 Å². The maximum Gasteiger partial charge on any atom is 0.234 e. The number of rotatable bonds is 6. The van der Waals surface area contributed by atoms with E-state index in [9.17, 15) is 0 Å². The average Bonchev–Trinajstić information content (AvgIpc) is 2.75. The Hall–Kier alpha value is -1.69. The second-order valence-corrected chi connectivity index (χ2v) is 5.77. The summed E-state index contributed by atoms with van der Waals surface area (Å²) in [5.41, 5.74) is 0. The molecule has 19 heavy (non-hydrogen) atoms. The number of hydrogen-bond donors (Lipinski definition) is 1. The van der Waals surface area contributed by atoms with Crippen molar-refractivity contribution in [1.29, 1.82) is 0 Å². The molecule has 2 aromatic heterocycles. The maximum absolute atomic E-state index is 5.50. The minimum absolute atomic E-state index is 0.0999. The van der Waals surface area contributed by atoms with E-state index in [1.165, 1.54) is 4.88 Å². The predicted octanol–water partition coefficient (Wildman–Crippen LogP) is 2.68. The van der Waals surface area contributed by atoms with Crippen molar-refractivity contribution >= 4 is 17.2 Å². The average molecular weight is 278 g/mol. The van der Waals surface area contributed by atoms with Crippen LogP contribution in [0.15, 0.2) is 18.6 Å². The van der Waals surface area contributed by atoms with Crippen LogP contribution in [-0.4, -0.2) is 27.6 Å². The Balaban J connectivity index is 1.85. The van der Waals surface area contributed by atoms with Gasteiger partial charge in [0.15, 0.2) is 0 Å². The van der Waals surface area contributed by atoms with E-state index >= 15 is 0 Å². The summed E-state index contributed by atoms with van der Waals surface area (Å²) in [6, 6.07) is 0. The summed E-state index contributed by atoms with van der Waals surface area (Å²) >= 11 is 1.72. The summed E-state index contributed by atoms with van der Waals surface area (Å²) in [4.78, 5) is 14.0. The lowest BCUT2D eigenvalue weighted by Crippen LogP contribution is -2.10. The van der Waals surface area contributed by atoms with Gasteiger partial charge >= 0.3 is 0 Å². The number of aryl methyl sites for hydroxylation is 1. The normalized spacial score (nSPS) is 10.7. The van der Waals surface area contributed by atoms with E-state index in [0.717, 1.165) is 23.8 Å². The number of hydrogen-bond acceptors (Lipinski definition) is 6. The highest BCUT2D eigenvalue weighted by Crippen LogP contribution is 2.13. The Morgan fingerprint density at radius 1 is 1.32 bits per heavy atom. The molecule has 0 aliphatic carbocycles. The van der Waals surface area contributed by atoms with Crippen LogP contribution in [0.25, 0.3) is 0 Å². The highest BCUT2D eigenvalue weighted by molar-refractivity contribution is 7.11. The van der Waals surface area contributed by atoms with Crippen LogP contribution in [0.5, 0.6) is 5.88 Å². The fraction of sp³-hybridized carbons (Fsp3) is 0.462. The van der Waals surface area contributed by atoms with E-state index in [4.69, 9.17) is 4.74 Å². The van der Waals surface area contributed by atoms with Crippen LogP contribution >= 0.6 is 11.3 Å². The molecule has 5 nitrogen and oxygen atoms in total. The number of thiazole rings is 1. The van der Waals surface area contributed by atoms with Crippen molar-refractivity contribution in [2.45, 2.75) is 33.3 Å². The third kappa shape index (κ3) is 4.48. The largest absolute Gasteiger partial charge is 0.474 e. The first-order chi connectivity index (χ1) is 9.13. The first-order valence-electron chi connectivity index (χ1n) is 6.27. The van der Waals surface area contributed by atoms with Crippen molar-refractivity contribution in [3.8, 4) is 5.88 Å². The van der Waals surface area contributed by atoms with Gasteiger partial charge in [-0.25, -0.2) is 4.98 Å². The molecule has 0 aliphatic heterocycles. The van der Waals surface area contributed by atoms with Gasteiger partial charge in [0.1, 0.15) is 5.82 Å². The molecule has 0 spiro atoms. The molecule has 0 aromatic carbocycles. The quantitative estimate of drug-likeness (QED) is 0.880. The topological polar surface area (TPSA) is 59.9 Å². The second-order valence-electron chi connectivity index (χ2n) is 4.45. The number of anilines is 1. The van der Waals surface area contributed by atoms with Crippen LogP contribution in [0.4, 0.5) is 5.82 Å². The zero-order valence-electron chi connectivity index (χ0n) is 11.4. The lowest BCUT2D eigenvalue weighted by atomic mass is 10.4. The molecule has 2 heterocycles. The molecule has 0 saturated heterocycles. The zero-order chi connectivity index (χ0) is 13.7. The Labute approximate surface area is 117 Å². The van der Waals surface area contributed by atoms with E-state index in [1.807, 2.05) is 20.0 Å². The second kappa shape index (κ2) is 6.47. The van der Waals surface area contributed by atoms with Crippen LogP contribution < -0.4 is 10.1 Å². The molecule has 2 aromatic rings. The molecule has 0 atom stereocenters. The molecule has 0 unspecified atom stereocenters. The molecule has 0 aliphatic rings. The molecule has 1 N–H and O–H groups in total. The lowest BCUT2D eigenvalue weighted by molar-refractivity contribution is 0.232. The van der Waals surface area contributed by atoms with E-state index in [0.29, 0.717) is 5.88 Å². The van der Waals surface area contributed by atoms with Gasteiger partial charge in [0.05, 0.1) is 23.5 Å². The van der Waals surface area contributed by atoms with Gasteiger partial charge in [-0.2, -0.15) is 4.98 Å². The van der Waals surface area contributed by atoms with E-state index in [2.05, 4.69) is 27.2 Å². The van der Waals surface area contributed by atoms with Gasteiger partial charge in [0, 0.05) is 24.0 Å². The van der Waals surface area contributed by atoms with E-state index < -0.39 is 0 Å². The number of nitrogens with one attached hydrogen (secondary N) is 1. The SMILES string of the molecule is Cc1cnc(CCNc2cncc(OC(C)C)n2)s1. The summed E-state index contributed by atoms with van der Waals surface area (Å²) < 4.78 is 5.50. The van der Waals surface area contributed by atoms with Crippen LogP contribution in [0.1, 0.15) is 23.7 Å². The molecule has 102 valence electrons. The fourth-order valence-corrected chi connectivity index (χ4v) is 2.33. The summed E-state index contributed by atoms with van der Waals surface area (Å²) in [6.07, 6.45) is 6.20. The predicted molar refractivity (Wildman–Crippen MR) is 76.8 cm³/mol.